The van der Waals surface area contributed by atoms with Gasteiger partial charge in [-0.2, -0.15) is 0 Å². The molecular formula is C16H32N2O. The van der Waals surface area contributed by atoms with Gasteiger partial charge < -0.3 is 15.0 Å². The minimum atomic E-state index is 0.468. The number of hydrogen-bond acceptors (Lipinski definition) is 3. The summed E-state index contributed by atoms with van der Waals surface area (Å²) in [4.78, 5) is 2.66. The van der Waals surface area contributed by atoms with Gasteiger partial charge in [-0.1, -0.05) is 19.8 Å². The molecule has 0 spiro atoms. The summed E-state index contributed by atoms with van der Waals surface area (Å²) in [5, 5.41) is 3.67. The van der Waals surface area contributed by atoms with Gasteiger partial charge in [0, 0.05) is 26.7 Å². The van der Waals surface area contributed by atoms with Gasteiger partial charge in [0.25, 0.3) is 0 Å². The number of likely N-dealkylation sites (tertiary alicyclic amines) is 1. The Morgan fingerprint density at radius 1 is 1.26 bits per heavy atom. The van der Waals surface area contributed by atoms with Gasteiger partial charge in [-0.15, -0.1) is 0 Å². The van der Waals surface area contributed by atoms with E-state index in [-0.39, 0.29) is 0 Å². The van der Waals surface area contributed by atoms with Crippen LogP contribution >= 0.6 is 0 Å². The van der Waals surface area contributed by atoms with Crippen molar-refractivity contribution in [2.45, 2.75) is 58.0 Å². The Labute approximate surface area is 119 Å². The molecule has 2 aliphatic rings. The summed E-state index contributed by atoms with van der Waals surface area (Å²) in [5.41, 5.74) is 0.546. The SMILES string of the molecule is CCCNCC1(CN2CCCC(OC)C2)CCCC1. The monoisotopic (exact) mass is 268 g/mol. The van der Waals surface area contributed by atoms with Crippen molar-refractivity contribution in [2.75, 3.05) is 39.8 Å². The zero-order chi connectivity index (χ0) is 13.6. The van der Waals surface area contributed by atoms with E-state index in [1.807, 2.05) is 7.11 Å². The molecule has 1 saturated heterocycles. The van der Waals surface area contributed by atoms with E-state index in [2.05, 4.69) is 17.1 Å². The molecule has 3 nitrogen and oxygen atoms in total. The average molecular weight is 268 g/mol. The summed E-state index contributed by atoms with van der Waals surface area (Å²) in [5.74, 6) is 0. The smallest absolute Gasteiger partial charge is 0.0698 e. The van der Waals surface area contributed by atoms with Crippen LogP contribution in [0, 0.1) is 5.41 Å². The Kier molecular flexibility index (Phi) is 6.11. The van der Waals surface area contributed by atoms with Gasteiger partial charge in [0.1, 0.15) is 0 Å². The number of rotatable bonds is 7. The summed E-state index contributed by atoms with van der Waals surface area (Å²) in [6.07, 6.45) is 9.94. The summed E-state index contributed by atoms with van der Waals surface area (Å²) < 4.78 is 5.56. The number of methoxy groups -OCH3 is 1. The molecule has 1 heterocycles. The number of piperidine rings is 1. The molecule has 0 radical (unpaired) electrons. The molecule has 1 saturated carbocycles. The van der Waals surface area contributed by atoms with E-state index in [1.54, 1.807) is 0 Å². The molecule has 0 aromatic carbocycles. The van der Waals surface area contributed by atoms with Gasteiger partial charge in [-0.3, -0.25) is 0 Å². The highest BCUT2D eigenvalue weighted by molar-refractivity contribution is 4.90. The number of nitrogens with zero attached hydrogens (tertiary/aromatic N) is 1. The van der Waals surface area contributed by atoms with Crippen molar-refractivity contribution in [1.82, 2.24) is 10.2 Å². The van der Waals surface area contributed by atoms with Gasteiger partial charge in [0.15, 0.2) is 0 Å². The lowest BCUT2D eigenvalue weighted by atomic mass is 9.84. The lowest BCUT2D eigenvalue weighted by Gasteiger charge is -2.39. The van der Waals surface area contributed by atoms with Crippen LogP contribution in [0.1, 0.15) is 51.9 Å². The molecule has 0 amide bonds. The Bertz CT molecular complexity index is 251. The first-order valence-corrected chi connectivity index (χ1v) is 8.24. The zero-order valence-corrected chi connectivity index (χ0v) is 12.9. The van der Waals surface area contributed by atoms with Gasteiger partial charge in [0.2, 0.25) is 0 Å². The van der Waals surface area contributed by atoms with Crippen LogP contribution in [0.15, 0.2) is 0 Å². The number of ether oxygens (including phenoxy) is 1. The van der Waals surface area contributed by atoms with Crippen molar-refractivity contribution in [1.29, 1.82) is 0 Å². The van der Waals surface area contributed by atoms with Crippen molar-refractivity contribution in [3.63, 3.8) is 0 Å². The molecule has 1 atom stereocenters. The number of nitrogens with one attached hydrogen (secondary N) is 1. The first kappa shape index (κ1) is 15.3. The second kappa shape index (κ2) is 7.61. The number of hydrogen-bond donors (Lipinski definition) is 1. The summed E-state index contributed by atoms with van der Waals surface area (Å²) in [6.45, 7) is 8.34. The van der Waals surface area contributed by atoms with E-state index in [0.29, 0.717) is 11.5 Å². The predicted octanol–water partition coefficient (Wildman–Crippen LogP) is 2.66. The lowest BCUT2D eigenvalue weighted by molar-refractivity contribution is 0.0145. The maximum absolute atomic E-state index is 5.56. The largest absolute Gasteiger partial charge is 0.380 e. The van der Waals surface area contributed by atoms with Gasteiger partial charge in [0.05, 0.1) is 6.10 Å². The van der Waals surface area contributed by atoms with Crippen LogP contribution in [0.3, 0.4) is 0 Å². The molecule has 0 bridgehead atoms. The lowest BCUT2D eigenvalue weighted by Crippen LogP contribution is -2.47. The molecule has 1 aliphatic heterocycles. The van der Waals surface area contributed by atoms with Crippen LogP contribution < -0.4 is 5.32 Å². The zero-order valence-electron chi connectivity index (χ0n) is 12.9. The molecule has 2 fully saturated rings. The second-order valence-corrected chi connectivity index (χ2v) is 6.62. The van der Waals surface area contributed by atoms with Gasteiger partial charge in [-0.25, -0.2) is 0 Å². The normalized spacial score (nSPS) is 27.8. The standard InChI is InChI=1S/C16H32N2O/c1-3-10-17-13-16(8-4-5-9-16)14-18-11-6-7-15(12-18)19-2/h15,17H,3-14H2,1-2H3. The molecule has 1 aliphatic carbocycles. The molecule has 19 heavy (non-hydrogen) atoms. The minimum absolute atomic E-state index is 0.468. The van der Waals surface area contributed by atoms with Crippen LogP contribution in [-0.2, 0) is 4.74 Å². The van der Waals surface area contributed by atoms with Crippen LogP contribution in [-0.4, -0.2) is 50.8 Å². The molecule has 112 valence electrons. The summed E-state index contributed by atoms with van der Waals surface area (Å²) in [6, 6.07) is 0. The van der Waals surface area contributed by atoms with Crippen LogP contribution in [0.5, 0.6) is 0 Å². The van der Waals surface area contributed by atoms with E-state index in [0.717, 1.165) is 6.54 Å². The molecular weight excluding hydrogens is 236 g/mol. The Morgan fingerprint density at radius 2 is 2.05 bits per heavy atom. The molecule has 1 N–H and O–H groups in total. The van der Waals surface area contributed by atoms with Crippen molar-refractivity contribution in [2.24, 2.45) is 5.41 Å². The predicted molar refractivity (Wildman–Crippen MR) is 80.5 cm³/mol. The van der Waals surface area contributed by atoms with E-state index in [9.17, 15) is 0 Å². The Morgan fingerprint density at radius 3 is 2.74 bits per heavy atom. The van der Waals surface area contributed by atoms with Crippen molar-refractivity contribution in [3.05, 3.63) is 0 Å². The average Bonchev–Trinajstić information content (AvgIpc) is 2.88. The fourth-order valence-corrected chi connectivity index (χ4v) is 3.87. The first-order chi connectivity index (χ1) is 9.28. The van der Waals surface area contributed by atoms with Crippen LogP contribution in [0.4, 0.5) is 0 Å². The first-order valence-electron chi connectivity index (χ1n) is 8.24. The topological polar surface area (TPSA) is 24.5 Å². The highest BCUT2D eigenvalue weighted by Gasteiger charge is 2.36. The van der Waals surface area contributed by atoms with Crippen molar-refractivity contribution in [3.8, 4) is 0 Å². The fourth-order valence-electron chi connectivity index (χ4n) is 3.87. The van der Waals surface area contributed by atoms with Crippen molar-refractivity contribution >= 4 is 0 Å². The molecule has 0 aromatic rings. The minimum Gasteiger partial charge on any atom is -0.380 e. The maximum Gasteiger partial charge on any atom is 0.0698 e. The fraction of sp³-hybridized carbons (Fsp3) is 1.00. The highest BCUT2D eigenvalue weighted by Crippen LogP contribution is 2.38. The van der Waals surface area contributed by atoms with E-state index in [1.165, 1.54) is 71.1 Å². The van der Waals surface area contributed by atoms with E-state index in [4.69, 9.17) is 4.74 Å². The quantitative estimate of drug-likeness (QED) is 0.718. The second-order valence-electron chi connectivity index (χ2n) is 6.62. The third-order valence-electron chi connectivity index (χ3n) is 4.95. The Hall–Kier alpha value is -0.120. The third-order valence-corrected chi connectivity index (χ3v) is 4.95. The molecule has 1 unspecified atom stereocenters. The summed E-state index contributed by atoms with van der Waals surface area (Å²) >= 11 is 0. The molecule has 3 heteroatoms. The van der Waals surface area contributed by atoms with Crippen molar-refractivity contribution < 1.29 is 4.74 Å². The van der Waals surface area contributed by atoms with Crippen LogP contribution in [0.2, 0.25) is 0 Å². The maximum atomic E-state index is 5.56. The van der Waals surface area contributed by atoms with Gasteiger partial charge in [-0.05, 0) is 50.6 Å². The summed E-state index contributed by atoms with van der Waals surface area (Å²) in [7, 11) is 1.86. The molecule has 0 aromatic heterocycles. The Balaban J connectivity index is 1.85. The molecule has 2 rings (SSSR count). The van der Waals surface area contributed by atoms with E-state index >= 15 is 0 Å². The van der Waals surface area contributed by atoms with E-state index < -0.39 is 0 Å². The third kappa shape index (κ3) is 4.44. The van der Waals surface area contributed by atoms with Crippen LogP contribution in [0.25, 0.3) is 0 Å². The highest BCUT2D eigenvalue weighted by atomic mass is 16.5. The van der Waals surface area contributed by atoms with Gasteiger partial charge >= 0.3 is 0 Å².